The molecular weight excluding hydrogens is 327 g/mol. The van der Waals surface area contributed by atoms with Crippen LogP contribution in [0.4, 0.5) is 10.2 Å². The minimum Gasteiger partial charge on any atom is -0.376 e. The molecule has 4 rings (SSSR count). The average Bonchev–Trinajstić information content (AvgIpc) is 3.30. The largest absolute Gasteiger partial charge is 0.376 e. The van der Waals surface area contributed by atoms with Gasteiger partial charge in [0.15, 0.2) is 16.1 Å². The molecular formula is C14H14ClFN4OS. The van der Waals surface area contributed by atoms with E-state index in [-0.39, 0.29) is 16.8 Å². The third-order valence-corrected chi connectivity index (χ3v) is 4.84. The molecule has 22 heavy (non-hydrogen) atoms. The monoisotopic (exact) mass is 340 g/mol. The Morgan fingerprint density at radius 2 is 2.32 bits per heavy atom. The molecule has 2 aliphatic rings. The Kier molecular flexibility index (Phi) is 3.58. The Balaban J connectivity index is 1.90. The van der Waals surface area contributed by atoms with Crippen molar-refractivity contribution in [2.75, 3.05) is 24.3 Å². The minimum absolute atomic E-state index is 0.160. The van der Waals surface area contributed by atoms with E-state index in [1.807, 2.05) is 6.26 Å². The van der Waals surface area contributed by atoms with E-state index in [1.54, 1.807) is 6.20 Å². The molecule has 0 amide bonds. The maximum absolute atomic E-state index is 14.3. The van der Waals surface area contributed by atoms with Gasteiger partial charge >= 0.3 is 0 Å². The molecule has 1 aliphatic carbocycles. The van der Waals surface area contributed by atoms with Crippen LogP contribution in [0.2, 0.25) is 5.15 Å². The van der Waals surface area contributed by atoms with Gasteiger partial charge in [0.2, 0.25) is 0 Å². The lowest BCUT2D eigenvalue weighted by atomic mass is 10.2. The summed E-state index contributed by atoms with van der Waals surface area (Å²) in [7, 11) is 0. The molecule has 0 radical (unpaired) electrons. The number of rotatable bonds is 2. The third-order valence-electron chi connectivity index (χ3n) is 4.03. The molecule has 0 bridgehead atoms. The fraction of sp³-hybridized carbons (Fsp3) is 0.500. The van der Waals surface area contributed by atoms with Crippen molar-refractivity contribution in [3.8, 4) is 0 Å². The number of nitrogens with zero attached hydrogens (tertiary/aromatic N) is 4. The van der Waals surface area contributed by atoms with Gasteiger partial charge in [0.1, 0.15) is 11.3 Å². The van der Waals surface area contributed by atoms with Gasteiger partial charge in [-0.3, -0.25) is 0 Å². The first-order valence-corrected chi connectivity index (χ1v) is 8.73. The molecule has 2 atom stereocenters. The van der Waals surface area contributed by atoms with Crippen LogP contribution in [0.15, 0.2) is 11.4 Å². The molecule has 2 unspecified atom stereocenters. The lowest BCUT2D eigenvalue weighted by Crippen LogP contribution is -2.29. The summed E-state index contributed by atoms with van der Waals surface area (Å²) < 4.78 is 20.1. The first kappa shape index (κ1) is 14.4. The van der Waals surface area contributed by atoms with Crippen LogP contribution in [-0.2, 0) is 4.74 Å². The lowest BCUT2D eigenvalue weighted by molar-refractivity contribution is 0.124. The Labute approximate surface area is 136 Å². The maximum Gasteiger partial charge on any atom is 0.189 e. The number of halogens is 2. The summed E-state index contributed by atoms with van der Waals surface area (Å²) in [6.07, 6.45) is 5.61. The van der Waals surface area contributed by atoms with Crippen LogP contribution in [0.25, 0.3) is 10.9 Å². The fourth-order valence-corrected chi connectivity index (χ4v) is 3.37. The second-order valence-electron chi connectivity index (χ2n) is 5.42. The Hall–Kier alpha value is -1.18. The summed E-state index contributed by atoms with van der Waals surface area (Å²) in [5.74, 6) is 0.145. The van der Waals surface area contributed by atoms with Gasteiger partial charge in [0, 0.05) is 19.3 Å². The predicted molar refractivity (Wildman–Crippen MR) is 84.2 cm³/mol. The zero-order chi connectivity index (χ0) is 15.3. The number of anilines is 1. The van der Waals surface area contributed by atoms with Gasteiger partial charge in [-0.15, -0.1) is 0 Å². The van der Waals surface area contributed by atoms with Crippen LogP contribution in [0.1, 0.15) is 12.8 Å². The number of thioether (sulfide) groups is 1. The van der Waals surface area contributed by atoms with Crippen molar-refractivity contribution in [3.05, 3.63) is 17.2 Å². The Morgan fingerprint density at radius 3 is 3.14 bits per heavy atom. The third kappa shape index (κ3) is 2.31. The summed E-state index contributed by atoms with van der Waals surface area (Å²) in [5.41, 5.74) is 0.233. The molecule has 1 saturated heterocycles. The van der Waals surface area contributed by atoms with E-state index < -0.39 is 5.82 Å². The van der Waals surface area contributed by atoms with Gasteiger partial charge in [-0.2, -0.15) is 0 Å². The summed E-state index contributed by atoms with van der Waals surface area (Å²) in [4.78, 5) is 15.0. The second-order valence-corrected chi connectivity index (χ2v) is 6.55. The van der Waals surface area contributed by atoms with Gasteiger partial charge in [-0.1, -0.05) is 23.4 Å². The van der Waals surface area contributed by atoms with Crippen LogP contribution in [0.5, 0.6) is 0 Å². The Bertz CT molecular complexity index is 746. The molecule has 116 valence electrons. The summed E-state index contributed by atoms with van der Waals surface area (Å²) in [5, 5.41) is 0.978. The second kappa shape index (κ2) is 5.47. The average molecular weight is 341 g/mol. The smallest absolute Gasteiger partial charge is 0.189 e. The molecule has 3 heterocycles. The van der Waals surface area contributed by atoms with E-state index in [9.17, 15) is 4.39 Å². The number of hydrogen-bond acceptors (Lipinski definition) is 6. The van der Waals surface area contributed by atoms with Gasteiger partial charge in [-0.25, -0.2) is 19.3 Å². The molecule has 1 saturated carbocycles. The van der Waals surface area contributed by atoms with Crippen LogP contribution in [-0.4, -0.2) is 46.5 Å². The van der Waals surface area contributed by atoms with Crippen molar-refractivity contribution in [1.82, 2.24) is 15.0 Å². The minimum atomic E-state index is -0.587. The van der Waals surface area contributed by atoms with Crippen LogP contribution in [0, 0.1) is 5.82 Å². The highest BCUT2D eigenvalue weighted by Gasteiger charge is 2.45. The quantitative estimate of drug-likeness (QED) is 0.476. The zero-order valence-electron chi connectivity index (χ0n) is 11.9. The van der Waals surface area contributed by atoms with Crippen molar-refractivity contribution >= 4 is 40.1 Å². The molecule has 0 spiro atoms. The van der Waals surface area contributed by atoms with Crippen molar-refractivity contribution < 1.29 is 9.13 Å². The molecule has 2 aromatic heterocycles. The molecule has 8 heteroatoms. The number of fused-ring (bicyclic) bond motifs is 2. The standard InChI is InChI=1S/C14H14ClFN4OS/c1-22-14-18-11-7(6-17-12(15)10(11)16)13(19-14)20-3-2-4-21-9-5-8(9)20/h6,8-9H,2-5H2,1H3. The highest BCUT2D eigenvalue weighted by Crippen LogP contribution is 2.39. The van der Waals surface area contributed by atoms with Gasteiger partial charge in [0.25, 0.3) is 0 Å². The molecule has 2 fully saturated rings. The molecule has 0 N–H and O–H groups in total. The van der Waals surface area contributed by atoms with Crippen LogP contribution < -0.4 is 4.90 Å². The van der Waals surface area contributed by atoms with E-state index in [0.29, 0.717) is 16.6 Å². The zero-order valence-corrected chi connectivity index (χ0v) is 13.5. The number of ether oxygens (including phenoxy) is 1. The molecule has 1 aliphatic heterocycles. The van der Waals surface area contributed by atoms with E-state index in [4.69, 9.17) is 16.3 Å². The van der Waals surface area contributed by atoms with Crippen molar-refractivity contribution in [1.29, 1.82) is 0 Å². The number of pyridine rings is 1. The van der Waals surface area contributed by atoms with Crippen molar-refractivity contribution in [2.45, 2.75) is 30.1 Å². The highest BCUT2D eigenvalue weighted by atomic mass is 35.5. The van der Waals surface area contributed by atoms with E-state index in [2.05, 4.69) is 19.9 Å². The summed E-state index contributed by atoms with van der Waals surface area (Å²) in [6.45, 7) is 1.60. The van der Waals surface area contributed by atoms with E-state index >= 15 is 0 Å². The maximum atomic E-state index is 14.3. The first-order chi connectivity index (χ1) is 10.7. The fourth-order valence-electron chi connectivity index (χ4n) is 2.87. The van der Waals surface area contributed by atoms with Crippen molar-refractivity contribution in [3.63, 3.8) is 0 Å². The molecule has 5 nitrogen and oxygen atoms in total. The van der Waals surface area contributed by atoms with Gasteiger partial charge in [0.05, 0.1) is 17.5 Å². The highest BCUT2D eigenvalue weighted by molar-refractivity contribution is 7.98. The van der Waals surface area contributed by atoms with E-state index in [0.717, 1.165) is 31.8 Å². The lowest BCUT2D eigenvalue weighted by Gasteiger charge is -2.23. The van der Waals surface area contributed by atoms with Gasteiger partial charge in [-0.05, 0) is 19.1 Å². The number of hydrogen-bond donors (Lipinski definition) is 0. The predicted octanol–water partition coefficient (Wildman–Crippen LogP) is 2.91. The summed E-state index contributed by atoms with van der Waals surface area (Å²) in [6, 6.07) is 0.314. The van der Waals surface area contributed by atoms with Crippen LogP contribution >= 0.6 is 23.4 Å². The van der Waals surface area contributed by atoms with Crippen molar-refractivity contribution in [2.24, 2.45) is 0 Å². The SMILES string of the molecule is CSc1nc(N2CCCOC3CC32)c2cnc(Cl)c(F)c2n1. The summed E-state index contributed by atoms with van der Waals surface area (Å²) >= 11 is 7.18. The number of aromatic nitrogens is 3. The Morgan fingerprint density at radius 1 is 1.45 bits per heavy atom. The first-order valence-electron chi connectivity index (χ1n) is 7.13. The normalized spacial score (nSPS) is 24.2. The van der Waals surface area contributed by atoms with E-state index in [1.165, 1.54) is 11.8 Å². The molecule has 2 aromatic rings. The molecule has 0 aromatic carbocycles. The topological polar surface area (TPSA) is 51.1 Å². The van der Waals surface area contributed by atoms with Gasteiger partial charge < -0.3 is 9.64 Å². The van der Waals surface area contributed by atoms with Crippen LogP contribution in [0.3, 0.4) is 0 Å².